The van der Waals surface area contributed by atoms with E-state index in [2.05, 4.69) is 6.07 Å². The molecule has 3 aromatic rings. The fourth-order valence-electron chi connectivity index (χ4n) is 2.80. The Balaban J connectivity index is 1.82. The smallest absolute Gasteiger partial charge is 0.269 e. The molecular weight excluding hydrogens is 439 g/mol. The molecule has 0 heterocycles. The monoisotopic (exact) mass is 454 g/mol. The highest BCUT2D eigenvalue weighted by Crippen LogP contribution is 2.31. The first kappa shape index (κ1) is 22.2. The van der Waals surface area contributed by atoms with Crippen LogP contribution in [0.1, 0.15) is 16.7 Å². The van der Waals surface area contributed by atoms with Crippen molar-refractivity contribution < 1.29 is 14.4 Å². The van der Waals surface area contributed by atoms with Crippen LogP contribution >= 0.6 is 23.2 Å². The van der Waals surface area contributed by atoms with Crippen molar-refractivity contribution in [3.05, 3.63) is 97.5 Å². The number of hydrogen-bond donors (Lipinski definition) is 0. The average molecular weight is 455 g/mol. The molecule has 0 atom stereocenters. The van der Waals surface area contributed by atoms with Crippen LogP contribution in [0.15, 0.2) is 60.7 Å². The molecule has 6 nitrogen and oxygen atoms in total. The van der Waals surface area contributed by atoms with Crippen LogP contribution in [0.3, 0.4) is 0 Å². The zero-order valence-corrected chi connectivity index (χ0v) is 17.9. The summed E-state index contributed by atoms with van der Waals surface area (Å²) in [6.07, 6.45) is 1.67. The van der Waals surface area contributed by atoms with Gasteiger partial charge in [-0.05, 0) is 53.6 Å². The second-order valence-electron chi connectivity index (χ2n) is 6.41. The summed E-state index contributed by atoms with van der Waals surface area (Å²) >= 11 is 12.1. The Labute approximate surface area is 189 Å². The average Bonchev–Trinajstić information content (AvgIpc) is 2.77. The summed E-state index contributed by atoms with van der Waals surface area (Å²) in [5.74, 6) is 0.999. The standard InChI is InChI=1S/C23H16Cl2N2O4/c1-30-23-11-15(10-18(13-26)16-4-7-20(8-5-16)27(28)29)2-9-22(23)31-14-17-3-6-19(24)12-21(17)25/h2-12H,14H2,1H3. The molecule has 0 aliphatic carbocycles. The summed E-state index contributed by atoms with van der Waals surface area (Å²) in [6, 6.07) is 18.3. The molecule has 0 saturated carbocycles. The molecule has 31 heavy (non-hydrogen) atoms. The number of rotatable bonds is 7. The molecule has 0 saturated heterocycles. The fourth-order valence-corrected chi connectivity index (χ4v) is 3.26. The summed E-state index contributed by atoms with van der Waals surface area (Å²) in [5.41, 5.74) is 2.39. The topological polar surface area (TPSA) is 85.4 Å². The van der Waals surface area contributed by atoms with Crippen LogP contribution in [0.4, 0.5) is 5.69 Å². The van der Waals surface area contributed by atoms with E-state index in [1.807, 2.05) is 0 Å². The zero-order chi connectivity index (χ0) is 22.4. The third-order valence-corrected chi connectivity index (χ3v) is 4.99. The SMILES string of the molecule is COc1cc(C=C(C#N)c2ccc([N+](=O)[O-])cc2)ccc1OCc1ccc(Cl)cc1Cl. The quantitative estimate of drug-likeness (QED) is 0.174. The van der Waals surface area contributed by atoms with E-state index in [1.54, 1.807) is 42.5 Å². The summed E-state index contributed by atoms with van der Waals surface area (Å²) < 4.78 is 11.3. The number of allylic oxidation sites excluding steroid dienone is 1. The first-order valence-corrected chi connectivity index (χ1v) is 9.78. The molecule has 0 unspecified atom stereocenters. The molecule has 0 aliphatic heterocycles. The summed E-state index contributed by atoms with van der Waals surface area (Å²) in [6.45, 7) is 0.230. The second-order valence-corrected chi connectivity index (χ2v) is 7.25. The number of benzene rings is 3. The van der Waals surface area contributed by atoms with Gasteiger partial charge in [-0.2, -0.15) is 5.26 Å². The number of nitrogens with zero attached hydrogens (tertiary/aromatic N) is 2. The number of nitriles is 1. The van der Waals surface area contributed by atoms with Gasteiger partial charge in [0.25, 0.3) is 5.69 Å². The molecule has 0 aromatic heterocycles. The lowest BCUT2D eigenvalue weighted by atomic mass is 10.0. The van der Waals surface area contributed by atoms with Crippen LogP contribution in [0.2, 0.25) is 10.0 Å². The number of methoxy groups -OCH3 is 1. The Morgan fingerprint density at radius 3 is 2.45 bits per heavy atom. The number of hydrogen-bond acceptors (Lipinski definition) is 5. The molecule has 0 spiro atoms. The molecule has 0 fully saturated rings. The van der Waals surface area contributed by atoms with Crippen molar-refractivity contribution in [1.82, 2.24) is 0 Å². The Bertz CT molecular complexity index is 1190. The minimum atomic E-state index is -0.486. The van der Waals surface area contributed by atoms with Crippen molar-refractivity contribution in [2.75, 3.05) is 7.11 Å². The minimum absolute atomic E-state index is 0.0370. The molecule has 0 N–H and O–H groups in total. The maximum Gasteiger partial charge on any atom is 0.269 e. The van der Waals surface area contributed by atoms with Crippen LogP contribution in [0.5, 0.6) is 11.5 Å². The van der Waals surface area contributed by atoms with E-state index in [0.717, 1.165) is 5.56 Å². The van der Waals surface area contributed by atoms with Crippen molar-refractivity contribution in [2.24, 2.45) is 0 Å². The van der Waals surface area contributed by atoms with Crippen LogP contribution in [-0.2, 0) is 6.61 Å². The first-order valence-electron chi connectivity index (χ1n) is 9.02. The summed E-state index contributed by atoms with van der Waals surface area (Å²) in [7, 11) is 1.52. The first-order chi connectivity index (χ1) is 14.9. The van der Waals surface area contributed by atoms with Gasteiger partial charge in [0.15, 0.2) is 11.5 Å². The molecule has 0 amide bonds. The normalized spacial score (nSPS) is 11.0. The van der Waals surface area contributed by atoms with Gasteiger partial charge in [0.1, 0.15) is 6.61 Å². The van der Waals surface area contributed by atoms with Gasteiger partial charge >= 0.3 is 0 Å². The molecule has 0 bridgehead atoms. The van der Waals surface area contributed by atoms with Gasteiger partial charge in [0, 0.05) is 27.7 Å². The van der Waals surface area contributed by atoms with Gasteiger partial charge in [-0.1, -0.05) is 35.3 Å². The number of nitro groups is 1. The lowest BCUT2D eigenvalue weighted by Gasteiger charge is -2.12. The van der Waals surface area contributed by atoms with E-state index in [9.17, 15) is 15.4 Å². The van der Waals surface area contributed by atoms with Crippen molar-refractivity contribution in [3.8, 4) is 17.6 Å². The van der Waals surface area contributed by atoms with Crippen molar-refractivity contribution in [3.63, 3.8) is 0 Å². The zero-order valence-electron chi connectivity index (χ0n) is 16.3. The summed E-state index contributed by atoms with van der Waals surface area (Å²) in [4.78, 5) is 10.3. The van der Waals surface area contributed by atoms with E-state index in [4.69, 9.17) is 32.7 Å². The molecule has 3 aromatic carbocycles. The highest BCUT2D eigenvalue weighted by Gasteiger charge is 2.10. The summed E-state index contributed by atoms with van der Waals surface area (Å²) in [5, 5.41) is 21.4. The van der Waals surface area contributed by atoms with Gasteiger partial charge in [-0.3, -0.25) is 10.1 Å². The van der Waals surface area contributed by atoms with E-state index < -0.39 is 4.92 Å². The third-order valence-electron chi connectivity index (χ3n) is 4.41. The van der Waals surface area contributed by atoms with Crippen molar-refractivity contribution in [1.29, 1.82) is 5.26 Å². The van der Waals surface area contributed by atoms with Crippen molar-refractivity contribution in [2.45, 2.75) is 6.61 Å². The van der Waals surface area contributed by atoms with Gasteiger partial charge in [0.2, 0.25) is 0 Å². The largest absolute Gasteiger partial charge is 0.493 e. The Morgan fingerprint density at radius 1 is 1.10 bits per heavy atom. The molecule has 3 rings (SSSR count). The highest BCUT2D eigenvalue weighted by atomic mass is 35.5. The fraction of sp³-hybridized carbons (Fsp3) is 0.0870. The minimum Gasteiger partial charge on any atom is -0.493 e. The lowest BCUT2D eigenvalue weighted by molar-refractivity contribution is -0.384. The van der Waals surface area contributed by atoms with Crippen LogP contribution in [-0.4, -0.2) is 12.0 Å². The molecular formula is C23H16Cl2N2O4. The lowest BCUT2D eigenvalue weighted by Crippen LogP contribution is -1.98. The van der Waals surface area contributed by atoms with Crippen LogP contribution in [0, 0.1) is 21.4 Å². The van der Waals surface area contributed by atoms with E-state index in [1.165, 1.54) is 31.4 Å². The Hall–Kier alpha value is -3.53. The molecule has 8 heteroatoms. The van der Waals surface area contributed by atoms with Gasteiger partial charge < -0.3 is 9.47 Å². The number of non-ortho nitro benzene ring substituents is 1. The maximum atomic E-state index is 10.8. The molecule has 156 valence electrons. The number of halogens is 2. The van der Waals surface area contributed by atoms with E-state index >= 15 is 0 Å². The van der Waals surface area contributed by atoms with Gasteiger partial charge in [-0.15, -0.1) is 0 Å². The van der Waals surface area contributed by atoms with Gasteiger partial charge in [0.05, 0.1) is 23.7 Å². The van der Waals surface area contributed by atoms with Gasteiger partial charge in [-0.25, -0.2) is 0 Å². The third kappa shape index (κ3) is 5.54. The molecule has 0 aliphatic rings. The van der Waals surface area contributed by atoms with E-state index in [-0.39, 0.29) is 12.3 Å². The molecule has 0 radical (unpaired) electrons. The maximum absolute atomic E-state index is 10.8. The van der Waals surface area contributed by atoms with Crippen LogP contribution in [0.25, 0.3) is 11.6 Å². The second kappa shape index (κ2) is 9.98. The highest BCUT2D eigenvalue weighted by molar-refractivity contribution is 6.35. The number of ether oxygens (including phenoxy) is 2. The Kier molecular flexibility index (Phi) is 7.14. The predicted octanol–water partition coefficient (Wildman–Crippen LogP) is 6.55. The van der Waals surface area contributed by atoms with E-state index in [0.29, 0.717) is 38.2 Å². The predicted molar refractivity (Wildman–Crippen MR) is 120 cm³/mol. The number of nitro benzene ring substituents is 1. The van der Waals surface area contributed by atoms with Crippen molar-refractivity contribution >= 4 is 40.5 Å². The Morgan fingerprint density at radius 2 is 1.84 bits per heavy atom. The van der Waals surface area contributed by atoms with Crippen LogP contribution < -0.4 is 9.47 Å².